The number of sulfone groups is 1. The Hall–Kier alpha value is -1.54. The van der Waals surface area contributed by atoms with E-state index in [1.807, 2.05) is 0 Å². The van der Waals surface area contributed by atoms with Gasteiger partial charge in [0.25, 0.3) is 6.08 Å². The predicted octanol–water partition coefficient (Wildman–Crippen LogP) is -0.0235. The van der Waals surface area contributed by atoms with Crippen molar-refractivity contribution in [3.63, 3.8) is 0 Å². The van der Waals surface area contributed by atoms with E-state index in [0.717, 1.165) is 13.0 Å². The van der Waals surface area contributed by atoms with E-state index in [-0.39, 0.29) is 4.90 Å². The van der Waals surface area contributed by atoms with E-state index in [4.69, 9.17) is 0 Å². The number of hydrogen-bond acceptors (Lipinski definition) is 5. The van der Waals surface area contributed by atoms with Crippen molar-refractivity contribution in [2.24, 2.45) is 4.40 Å². The van der Waals surface area contributed by atoms with E-state index >= 15 is 0 Å². The lowest BCUT2D eigenvalue weighted by Crippen LogP contribution is -2.37. The fraction of sp³-hybridized carbons (Fsp3) is 0.222. The van der Waals surface area contributed by atoms with Crippen molar-refractivity contribution in [2.45, 2.75) is 17.2 Å². The van der Waals surface area contributed by atoms with Crippen LogP contribution in [0.1, 0.15) is 6.92 Å². The molecule has 1 atom stereocenters. The molecule has 9 heteroatoms. The minimum Gasteiger partial charge on any atom is -0.222 e. The van der Waals surface area contributed by atoms with Gasteiger partial charge in [-0.05, 0) is 19.1 Å². The van der Waals surface area contributed by atoms with Gasteiger partial charge < -0.3 is 0 Å². The minimum absolute atomic E-state index is 0.0321. The Labute approximate surface area is 105 Å². The Kier molecular flexibility index (Phi) is 4.36. The van der Waals surface area contributed by atoms with Gasteiger partial charge in [0.2, 0.25) is 0 Å². The zero-order valence-electron chi connectivity index (χ0n) is 9.27. The SMILES string of the molecule is CC(NS(=O)(=O)N=C=O)S(=O)(=O)c1ccccc1. The summed E-state index contributed by atoms with van der Waals surface area (Å²) in [6, 6.07) is 7.33. The first-order valence-electron chi connectivity index (χ1n) is 4.70. The van der Waals surface area contributed by atoms with Crippen LogP contribution >= 0.6 is 0 Å². The molecule has 1 rings (SSSR count). The molecular formula is C9H10N2O5S2. The number of rotatable bonds is 5. The van der Waals surface area contributed by atoms with Crippen LogP contribution in [0.25, 0.3) is 0 Å². The van der Waals surface area contributed by atoms with Crippen molar-refractivity contribution >= 4 is 26.1 Å². The average molecular weight is 290 g/mol. The summed E-state index contributed by atoms with van der Waals surface area (Å²) >= 11 is 0. The summed E-state index contributed by atoms with van der Waals surface area (Å²) in [5.74, 6) is 0. The fourth-order valence-electron chi connectivity index (χ4n) is 1.16. The number of nitrogens with zero attached hydrogens (tertiary/aromatic N) is 1. The quantitative estimate of drug-likeness (QED) is 0.605. The van der Waals surface area contributed by atoms with Crippen molar-refractivity contribution in [1.29, 1.82) is 0 Å². The molecule has 0 aromatic heterocycles. The first-order chi connectivity index (χ1) is 8.29. The lowest BCUT2D eigenvalue weighted by atomic mass is 10.4. The number of carbonyl (C=O) groups excluding carboxylic acids is 1. The maximum absolute atomic E-state index is 11.9. The lowest BCUT2D eigenvalue weighted by molar-refractivity contribution is 0.554. The van der Waals surface area contributed by atoms with Gasteiger partial charge in [0.15, 0.2) is 9.84 Å². The Morgan fingerprint density at radius 2 is 1.72 bits per heavy atom. The van der Waals surface area contributed by atoms with Crippen LogP contribution in [0.5, 0.6) is 0 Å². The standard InChI is InChI=1S/C9H10N2O5S2/c1-8(11-18(15,16)10-7-12)17(13,14)9-5-3-2-4-6-9/h2-6,8,11H,1H3. The maximum atomic E-state index is 11.9. The van der Waals surface area contributed by atoms with Crippen molar-refractivity contribution in [1.82, 2.24) is 4.72 Å². The second-order valence-corrected chi connectivity index (χ2v) is 6.91. The van der Waals surface area contributed by atoms with Gasteiger partial charge in [-0.15, -0.1) is 0 Å². The smallest absolute Gasteiger partial charge is 0.222 e. The van der Waals surface area contributed by atoms with E-state index < -0.39 is 25.4 Å². The average Bonchev–Trinajstić information content (AvgIpc) is 2.29. The van der Waals surface area contributed by atoms with Crippen LogP contribution in [0, 0.1) is 0 Å². The molecule has 0 spiro atoms. The largest absolute Gasteiger partial charge is 0.331 e. The Morgan fingerprint density at radius 1 is 1.17 bits per heavy atom. The van der Waals surface area contributed by atoms with Crippen LogP contribution in [0.15, 0.2) is 39.6 Å². The Balaban J connectivity index is 3.05. The molecule has 0 saturated heterocycles. The summed E-state index contributed by atoms with van der Waals surface area (Å²) in [4.78, 5) is 9.83. The zero-order valence-corrected chi connectivity index (χ0v) is 10.9. The molecule has 1 aromatic carbocycles. The van der Waals surface area contributed by atoms with Gasteiger partial charge in [0.05, 0.1) is 4.90 Å². The molecule has 1 aromatic rings. The van der Waals surface area contributed by atoms with E-state index in [9.17, 15) is 21.6 Å². The summed E-state index contributed by atoms with van der Waals surface area (Å²) in [7, 11) is -8.22. The molecule has 18 heavy (non-hydrogen) atoms. The first kappa shape index (κ1) is 14.5. The van der Waals surface area contributed by atoms with Gasteiger partial charge >= 0.3 is 10.2 Å². The number of benzene rings is 1. The predicted molar refractivity (Wildman–Crippen MR) is 63.3 cm³/mol. The van der Waals surface area contributed by atoms with Crippen molar-refractivity contribution in [2.75, 3.05) is 0 Å². The highest BCUT2D eigenvalue weighted by Crippen LogP contribution is 2.14. The Morgan fingerprint density at radius 3 is 2.22 bits per heavy atom. The maximum Gasteiger partial charge on any atom is 0.331 e. The highest BCUT2D eigenvalue weighted by Gasteiger charge is 2.27. The van der Waals surface area contributed by atoms with Gasteiger partial charge in [-0.25, -0.2) is 13.2 Å². The van der Waals surface area contributed by atoms with E-state index in [1.54, 1.807) is 10.8 Å². The normalized spacial score (nSPS) is 13.6. The summed E-state index contributed by atoms with van der Waals surface area (Å²) in [6.45, 7) is 1.14. The molecule has 1 N–H and O–H groups in total. The number of isocyanates is 1. The molecule has 0 amide bonds. The van der Waals surface area contributed by atoms with Crippen LogP contribution in [0.2, 0.25) is 0 Å². The topological polar surface area (TPSA) is 110 Å². The third-order valence-corrected chi connectivity index (χ3v) is 5.10. The van der Waals surface area contributed by atoms with Gasteiger partial charge in [-0.2, -0.15) is 13.1 Å². The molecular weight excluding hydrogens is 280 g/mol. The zero-order chi connectivity index (χ0) is 13.8. The van der Waals surface area contributed by atoms with Gasteiger partial charge in [0.1, 0.15) is 5.37 Å². The van der Waals surface area contributed by atoms with Crippen LogP contribution < -0.4 is 4.72 Å². The van der Waals surface area contributed by atoms with Crippen molar-refractivity contribution in [3.8, 4) is 0 Å². The second-order valence-electron chi connectivity index (χ2n) is 3.28. The van der Waals surface area contributed by atoms with E-state index in [2.05, 4.69) is 4.40 Å². The summed E-state index contributed by atoms with van der Waals surface area (Å²) in [6.07, 6.45) is 0.834. The molecule has 98 valence electrons. The molecule has 0 fully saturated rings. The van der Waals surface area contributed by atoms with Gasteiger partial charge in [-0.1, -0.05) is 22.6 Å². The molecule has 0 radical (unpaired) electrons. The summed E-state index contributed by atoms with van der Waals surface area (Å²) < 4.78 is 50.4. The number of nitrogens with one attached hydrogen (secondary N) is 1. The number of hydrogen-bond donors (Lipinski definition) is 1. The highest BCUT2D eigenvalue weighted by atomic mass is 32.2. The van der Waals surface area contributed by atoms with Crippen molar-refractivity contribution < 1.29 is 21.6 Å². The van der Waals surface area contributed by atoms with Crippen LogP contribution in [0.4, 0.5) is 0 Å². The molecule has 0 aliphatic heterocycles. The van der Waals surface area contributed by atoms with Crippen molar-refractivity contribution in [3.05, 3.63) is 30.3 Å². The molecule has 0 saturated carbocycles. The third-order valence-electron chi connectivity index (χ3n) is 2.01. The first-order valence-corrected chi connectivity index (χ1v) is 7.68. The molecule has 0 aliphatic rings. The molecule has 0 heterocycles. The molecule has 1 unspecified atom stereocenters. The molecule has 7 nitrogen and oxygen atoms in total. The van der Waals surface area contributed by atoms with E-state index in [1.165, 1.54) is 24.3 Å². The summed E-state index contributed by atoms with van der Waals surface area (Å²) in [5, 5.41) is -1.44. The van der Waals surface area contributed by atoms with Gasteiger partial charge in [0, 0.05) is 0 Å². The van der Waals surface area contributed by atoms with Crippen LogP contribution in [-0.4, -0.2) is 28.3 Å². The van der Waals surface area contributed by atoms with Gasteiger partial charge in [-0.3, -0.25) is 0 Å². The fourth-order valence-corrected chi connectivity index (χ4v) is 3.55. The Bertz CT molecular complexity index is 660. The molecule has 0 bridgehead atoms. The third kappa shape index (κ3) is 3.47. The molecule has 0 aliphatic carbocycles. The summed E-state index contributed by atoms with van der Waals surface area (Å²) in [5.41, 5.74) is 0. The van der Waals surface area contributed by atoms with Crippen LogP contribution in [0.3, 0.4) is 0 Å². The lowest BCUT2D eigenvalue weighted by Gasteiger charge is -2.12. The monoisotopic (exact) mass is 290 g/mol. The highest BCUT2D eigenvalue weighted by molar-refractivity contribution is 7.94. The second kappa shape index (κ2) is 5.40. The minimum atomic E-state index is -4.35. The van der Waals surface area contributed by atoms with E-state index in [0.29, 0.717) is 0 Å². The van der Waals surface area contributed by atoms with Crippen LogP contribution in [-0.2, 0) is 24.8 Å².